The molecule has 1 heterocycles. The summed E-state index contributed by atoms with van der Waals surface area (Å²) in [5.41, 5.74) is 3.83. The molecule has 192 valence electrons. The number of hydrogen-bond acceptors (Lipinski definition) is 8. The average molecular weight is 528 g/mol. The molecule has 4 N–H and O–H groups in total. The van der Waals surface area contributed by atoms with E-state index in [1.165, 1.54) is 19.1 Å². The molecule has 0 unspecified atom stereocenters. The van der Waals surface area contributed by atoms with Gasteiger partial charge >= 0.3 is 14.0 Å². The number of nitrogens with zero attached hydrogens (tertiary/aromatic N) is 2. The fourth-order valence-electron chi connectivity index (χ4n) is 2.85. The van der Waals surface area contributed by atoms with Gasteiger partial charge in [-0.05, 0) is 51.3 Å². The molecule has 0 fully saturated rings. The van der Waals surface area contributed by atoms with Crippen LogP contribution in [0.1, 0.15) is 50.1 Å². The molecule has 1 atom stereocenters. The minimum absolute atomic E-state index is 0.147. The third kappa shape index (κ3) is 9.21. The topological polar surface area (TPSA) is 137 Å². The standard InChI is InChI=1S/C20H29F3N3O6PS/c1-3-30-10-6-4-5-7-11-31-16-9-8-14(12-15(16)20(21,22)23)17-25-26-18(34-17)19(2,24)13-32-33(27,28)29/h8-9,12H,3-7,10-11,13,24H2,1-2H3,(H2,27,28,29)/t19-/m0/s1. The second-order valence-corrected chi connectivity index (χ2v) is 9.98. The van der Waals surface area contributed by atoms with E-state index in [9.17, 15) is 17.7 Å². The van der Waals surface area contributed by atoms with E-state index in [2.05, 4.69) is 14.7 Å². The number of benzene rings is 1. The Balaban J connectivity index is 2.08. The lowest BCUT2D eigenvalue weighted by atomic mass is 10.1. The predicted molar refractivity (Wildman–Crippen MR) is 120 cm³/mol. The number of ether oxygens (including phenoxy) is 2. The number of alkyl halides is 3. The fraction of sp³-hybridized carbons (Fsp3) is 0.600. The molecule has 2 aromatic rings. The molecule has 2 rings (SSSR count). The second kappa shape index (κ2) is 12.4. The normalized spacial score (nSPS) is 14.2. The van der Waals surface area contributed by atoms with Gasteiger partial charge in [0.05, 0.1) is 24.3 Å². The van der Waals surface area contributed by atoms with E-state index in [0.717, 1.165) is 36.7 Å². The highest BCUT2D eigenvalue weighted by molar-refractivity contribution is 7.46. The van der Waals surface area contributed by atoms with Gasteiger partial charge in [0, 0.05) is 18.8 Å². The van der Waals surface area contributed by atoms with Crippen LogP contribution in [-0.4, -0.2) is 46.4 Å². The summed E-state index contributed by atoms with van der Waals surface area (Å²) < 4.78 is 67.0. The average Bonchev–Trinajstić information content (AvgIpc) is 3.24. The first kappa shape index (κ1) is 28.6. The van der Waals surface area contributed by atoms with Crippen LogP contribution in [-0.2, 0) is 25.5 Å². The van der Waals surface area contributed by atoms with Crippen LogP contribution in [0.4, 0.5) is 13.2 Å². The third-order valence-corrected chi connectivity index (χ3v) is 6.34. The van der Waals surface area contributed by atoms with E-state index < -0.39 is 31.7 Å². The van der Waals surface area contributed by atoms with Crippen molar-refractivity contribution in [3.8, 4) is 16.3 Å². The molecule has 0 saturated heterocycles. The summed E-state index contributed by atoms with van der Waals surface area (Å²) >= 11 is 0.903. The molecule has 0 aliphatic rings. The lowest BCUT2D eigenvalue weighted by Gasteiger charge is -2.21. The molecular formula is C20H29F3N3O6PS. The van der Waals surface area contributed by atoms with Gasteiger partial charge in [-0.2, -0.15) is 13.2 Å². The Morgan fingerprint density at radius 3 is 2.41 bits per heavy atom. The third-order valence-electron chi connectivity index (χ3n) is 4.62. The highest BCUT2D eigenvalue weighted by atomic mass is 32.1. The van der Waals surface area contributed by atoms with Crippen LogP contribution in [0.3, 0.4) is 0 Å². The van der Waals surface area contributed by atoms with Crippen molar-refractivity contribution in [2.24, 2.45) is 5.73 Å². The van der Waals surface area contributed by atoms with Crippen molar-refractivity contribution in [2.75, 3.05) is 26.4 Å². The maximum atomic E-state index is 13.7. The van der Waals surface area contributed by atoms with Crippen LogP contribution in [0.25, 0.3) is 10.6 Å². The Morgan fingerprint density at radius 2 is 1.79 bits per heavy atom. The van der Waals surface area contributed by atoms with Gasteiger partial charge in [-0.25, -0.2) is 4.57 Å². The molecule has 1 aromatic carbocycles. The number of aromatic nitrogens is 2. The maximum Gasteiger partial charge on any atom is 0.469 e. The van der Waals surface area contributed by atoms with E-state index in [-0.39, 0.29) is 27.9 Å². The number of hydrogen-bond donors (Lipinski definition) is 3. The van der Waals surface area contributed by atoms with Crippen molar-refractivity contribution in [2.45, 2.75) is 51.2 Å². The molecule has 1 aromatic heterocycles. The zero-order valence-electron chi connectivity index (χ0n) is 18.9. The van der Waals surface area contributed by atoms with Gasteiger partial charge in [0.25, 0.3) is 0 Å². The van der Waals surface area contributed by atoms with E-state index in [4.69, 9.17) is 25.0 Å². The zero-order valence-corrected chi connectivity index (χ0v) is 20.6. The van der Waals surface area contributed by atoms with Crippen LogP contribution in [0.5, 0.6) is 5.75 Å². The first-order valence-electron chi connectivity index (χ1n) is 10.6. The van der Waals surface area contributed by atoms with Crippen molar-refractivity contribution < 1.29 is 41.5 Å². The van der Waals surface area contributed by atoms with Gasteiger partial charge in [0.2, 0.25) is 0 Å². The van der Waals surface area contributed by atoms with Crippen LogP contribution in [0.15, 0.2) is 18.2 Å². The highest BCUT2D eigenvalue weighted by Crippen LogP contribution is 2.41. The lowest BCUT2D eigenvalue weighted by Crippen LogP contribution is -2.37. The number of unbranched alkanes of at least 4 members (excludes halogenated alkanes) is 3. The first-order valence-corrected chi connectivity index (χ1v) is 12.9. The number of halogens is 3. The minimum atomic E-state index is -4.75. The van der Waals surface area contributed by atoms with Gasteiger partial charge in [0.15, 0.2) is 0 Å². The largest absolute Gasteiger partial charge is 0.493 e. The monoisotopic (exact) mass is 527 g/mol. The minimum Gasteiger partial charge on any atom is -0.493 e. The summed E-state index contributed by atoms with van der Waals surface area (Å²) in [4.78, 5) is 17.7. The molecule has 0 radical (unpaired) electrons. The molecule has 0 spiro atoms. The smallest absolute Gasteiger partial charge is 0.469 e. The van der Waals surface area contributed by atoms with Crippen molar-refractivity contribution in [3.05, 3.63) is 28.8 Å². The second-order valence-electron chi connectivity index (χ2n) is 7.76. The fourth-order valence-corrected chi connectivity index (χ4v) is 4.17. The Morgan fingerprint density at radius 1 is 1.12 bits per heavy atom. The Kier molecular flexibility index (Phi) is 10.4. The Labute approximate surface area is 199 Å². The van der Waals surface area contributed by atoms with Crippen LogP contribution >= 0.6 is 19.2 Å². The summed E-state index contributed by atoms with van der Waals surface area (Å²) in [7, 11) is -4.75. The van der Waals surface area contributed by atoms with Gasteiger partial charge in [-0.3, -0.25) is 4.52 Å². The Bertz CT molecular complexity index is 967. The Hall–Kier alpha value is -1.60. The molecule has 0 amide bonds. The van der Waals surface area contributed by atoms with Crippen molar-refractivity contribution >= 4 is 19.2 Å². The molecule has 0 aliphatic carbocycles. The molecule has 14 heteroatoms. The van der Waals surface area contributed by atoms with Gasteiger partial charge < -0.3 is 25.0 Å². The molecule has 0 aliphatic heterocycles. The summed E-state index contributed by atoms with van der Waals surface area (Å²) in [5.74, 6) is -0.269. The molecule has 9 nitrogen and oxygen atoms in total. The zero-order chi connectivity index (χ0) is 25.4. The number of nitrogens with two attached hydrogens (primary N) is 1. The van der Waals surface area contributed by atoms with Crippen LogP contribution in [0, 0.1) is 0 Å². The molecule has 0 saturated carbocycles. The van der Waals surface area contributed by atoms with Gasteiger partial charge in [-0.1, -0.05) is 17.8 Å². The summed E-state index contributed by atoms with van der Waals surface area (Å²) in [6.45, 7) is 4.27. The SMILES string of the molecule is CCOCCCCCCOc1ccc(-c2nnc([C@@](C)(N)COP(=O)(O)O)s2)cc1C(F)(F)F. The highest BCUT2D eigenvalue weighted by Gasteiger charge is 2.35. The van der Waals surface area contributed by atoms with Crippen molar-refractivity contribution in [1.82, 2.24) is 10.2 Å². The van der Waals surface area contributed by atoms with Crippen LogP contribution < -0.4 is 10.5 Å². The van der Waals surface area contributed by atoms with E-state index >= 15 is 0 Å². The number of phosphoric acid groups is 1. The van der Waals surface area contributed by atoms with Gasteiger partial charge in [-0.15, -0.1) is 10.2 Å². The van der Waals surface area contributed by atoms with E-state index in [1.807, 2.05) is 6.92 Å². The summed E-state index contributed by atoms with van der Waals surface area (Å²) in [6.07, 6.45) is -1.39. The van der Waals surface area contributed by atoms with Crippen molar-refractivity contribution in [3.63, 3.8) is 0 Å². The summed E-state index contributed by atoms with van der Waals surface area (Å²) in [6, 6.07) is 3.62. The quantitative estimate of drug-likeness (QED) is 0.240. The first-order chi connectivity index (χ1) is 15.8. The van der Waals surface area contributed by atoms with E-state index in [0.29, 0.717) is 19.6 Å². The van der Waals surface area contributed by atoms with E-state index in [1.54, 1.807) is 0 Å². The molecule has 0 bridgehead atoms. The molecular weight excluding hydrogens is 498 g/mol. The van der Waals surface area contributed by atoms with Crippen molar-refractivity contribution in [1.29, 1.82) is 0 Å². The lowest BCUT2D eigenvalue weighted by molar-refractivity contribution is -0.138. The number of rotatable bonds is 14. The predicted octanol–water partition coefficient (Wildman–Crippen LogP) is 4.48. The van der Waals surface area contributed by atoms with Crippen LogP contribution in [0.2, 0.25) is 0 Å². The summed E-state index contributed by atoms with van der Waals surface area (Å²) in [5, 5.41) is 8.06. The van der Waals surface area contributed by atoms with Gasteiger partial charge in [0.1, 0.15) is 15.8 Å². The number of phosphoric ester groups is 1. The maximum absolute atomic E-state index is 13.7. The molecule has 34 heavy (non-hydrogen) atoms.